The van der Waals surface area contributed by atoms with Crippen molar-refractivity contribution in [1.82, 2.24) is 14.6 Å². The highest BCUT2D eigenvalue weighted by Crippen LogP contribution is 2.25. The Hall–Kier alpha value is -3.08. The fourth-order valence-electron chi connectivity index (χ4n) is 2.43. The van der Waals surface area contributed by atoms with Crippen molar-refractivity contribution in [2.45, 2.75) is 0 Å². The molecule has 3 aromatic heterocycles. The maximum Gasteiger partial charge on any atom is 0.171 e. The quantitative estimate of drug-likeness (QED) is 0.578. The monoisotopic (exact) mass is 291 g/mol. The Labute approximate surface area is 126 Å². The van der Waals surface area contributed by atoms with Gasteiger partial charge in [0.2, 0.25) is 0 Å². The van der Waals surface area contributed by atoms with E-state index in [-0.39, 0.29) is 0 Å². The van der Waals surface area contributed by atoms with E-state index in [1.54, 1.807) is 19.6 Å². The number of aromatic nitrogens is 3. The molecule has 0 unspecified atom stereocenters. The molecule has 0 saturated carbocycles. The highest BCUT2D eigenvalue weighted by molar-refractivity contribution is 5.67. The van der Waals surface area contributed by atoms with Crippen LogP contribution in [0, 0.1) is 0 Å². The largest absolute Gasteiger partial charge is 0.497 e. The Morgan fingerprint density at radius 1 is 0.909 bits per heavy atom. The molecule has 5 nitrogen and oxygen atoms in total. The minimum atomic E-state index is 0.763. The molecule has 5 heteroatoms. The molecule has 0 amide bonds. The van der Waals surface area contributed by atoms with Gasteiger partial charge < -0.3 is 9.15 Å². The van der Waals surface area contributed by atoms with Crippen LogP contribution < -0.4 is 4.74 Å². The summed E-state index contributed by atoms with van der Waals surface area (Å²) in [5.41, 5.74) is 3.89. The Balaban J connectivity index is 1.83. The predicted molar refractivity (Wildman–Crippen MR) is 82.7 cm³/mol. The van der Waals surface area contributed by atoms with Gasteiger partial charge in [-0.1, -0.05) is 12.1 Å². The first-order valence-electron chi connectivity index (χ1n) is 6.87. The fraction of sp³-hybridized carbons (Fsp3) is 0.0588. The number of hydrogen-bond acceptors (Lipinski definition) is 4. The average Bonchev–Trinajstić information content (AvgIpc) is 3.23. The van der Waals surface area contributed by atoms with Gasteiger partial charge in [0.1, 0.15) is 12.0 Å². The summed E-state index contributed by atoms with van der Waals surface area (Å²) in [6, 6.07) is 13.8. The van der Waals surface area contributed by atoms with E-state index in [1.807, 2.05) is 53.1 Å². The van der Waals surface area contributed by atoms with Crippen molar-refractivity contribution < 1.29 is 9.15 Å². The Bertz CT molecular complexity index is 909. The summed E-state index contributed by atoms with van der Waals surface area (Å²) < 4.78 is 12.3. The zero-order chi connectivity index (χ0) is 14.9. The molecule has 0 aliphatic rings. The molecule has 0 aliphatic heterocycles. The van der Waals surface area contributed by atoms with Gasteiger partial charge in [0.05, 0.1) is 18.9 Å². The van der Waals surface area contributed by atoms with Crippen molar-refractivity contribution in [3.63, 3.8) is 0 Å². The number of rotatable bonds is 3. The number of fused-ring (bicyclic) bond motifs is 1. The van der Waals surface area contributed by atoms with Crippen LogP contribution in [0.1, 0.15) is 0 Å². The third-order valence-electron chi connectivity index (χ3n) is 3.61. The van der Waals surface area contributed by atoms with E-state index in [9.17, 15) is 0 Å². The molecule has 0 N–H and O–H groups in total. The lowest BCUT2D eigenvalue weighted by molar-refractivity contribution is 0.415. The van der Waals surface area contributed by atoms with E-state index in [2.05, 4.69) is 10.2 Å². The zero-order valence-corrected chi connectivity index (χ0v) is 11.9. The lowest BCUT2D eigenvalue weighted by Gasteiger charge is -2.05. The van der Waals surface area contributed by atoms with E-state index in [0.29, 0.717) is 0 Å². The van der Waals surface area contributed by atoms with Crippen molar-refractivity contribution in [2.75, 3.05) is 7.11 Å². The molecule has 0 spiro atoms. The second-order valence-corrected chi connectivity index (χ2v) is 4.91. The predicted octanol–water partition coefficient (Wildman–Crippen LogP) is 3.66. The van der Waals surface area contributed by atoms with E-state index in [0.717, 1.165) is 33.9 Å². The number of hydrogen-bond donors (Lipinski definition) is 0. The van der Waals surface area contributed by atoms with Gasteiger partial charge in [0.25, 0.3) is 0 Å². The standard InChI is InChI=1S/C17H13N3O2/c1-21-15-5-2-12(3-6-15)13-4-7-16-18-19-17(20(16)10-13)14-8-9-22-11-14/h2-11H,1H3. The first-order chi connectivity index (χ1) is 10.8. The van der Waals surface area contributed by atoms with Crippen molar-refractivity contribution in [2.24, 2.45) is 0 Å². The van der Waals surface area contributed by atoms with Crippen LogP contribution in [0.4, 0.5) is 0 Å². The van der Waals surface area contributed by atoms with Crippen molar-refractivity contribution >= 4 is 5.65 Å². The summed E-state index contributed by atoms with van der Waals surface area (Å²) >= 11 is 0. The van der Waals surface area contributed by atoms with Crippen LogP contribution in [0.15, 0.2) is 65.6 Å². The second kappa shape index (κ2) is 5.04. The van der Waals surface area contributed by atoms with Crippen molar-refractivity contribution in [3.8, 4) is 28.3 Å². The summed E-state index contributed by atoms with van der Waals surface area (Å²) in [4.78, 5) is 0. The van der Waals surface area contributed by atoms with Crippen LogP contribution in [0.2, 0.25) is 0 Å². The van der Waals surface area contributed by atoms with Crippen LogP contribution >= 0.6 is 0 Å². The van der Waals surface area contributed by atoms with E-state index < -0.39 is 0 Å². The molecule has 3 heterocycles. The summed E-state index contributed by atoms with van der Waals surface area (Å²) in [5.74, 6) is 1.60. The highest BCUT2D eigenvalue weighted by atomic mass is 16.5. The fourth-order valence-corrected chi connectivity index (χ4v) is 2.43. The van der Waals surface area contributed by atoms with Gasteiger partial charge in [0.15, 0.2) is 11.5 Å². The van der Waals surface area contributed by atoms with E-state index >= 15 is 0 Å². The molecule has 1 aromatic carbocycles. The molecule has 0 atom stereocenters. The van der Waals surface area contributed by atoms with Crippen LogP contribution in [-0.4, -0.2) is 21.7 Å². The first-order valence-corrected chi connectivity index (χ1v) is 6.87. The lowest BCUT2D eigenvalue weighted by Crippen LogP contribution is -1.90. The summed E-state index contributed by atoms with van der Waals surface area (Å²) in [6.07, 6.45) is 5.32. The van der Waals surface area contributed by atoms with Crippen LogP contribution in [0.5, 0.6) is 5.75 Å². The van der Waals surface area contributed by atoms with Crippen LogP contribution in [0.25, 0.3) is 28.2 Å². The molecule has 4 aromatic rings. The third kappa shape index (κ3) is 2.03. The Morgan fingerprint density at radius 2 is 1.73 bits per heavy atom. The number of methoxy groups -OCH3 is 1. The Morgan fingerprint density at radius 3 is 2.45 bits per heavy atom. The number of furan rings is 1. The summed E-state index contributed by atoms with van der Waals surface area (Å²) in [7, 11) is 1.66. The molecule has 0 radical (unpaired) electrons. The maximum absolute atomic E-state index is 5.20. The molecule has 0 aliphatic carbocycles. The third-order valence-corrected chi connectivity index (χ3v) is 3.61. The zero-order valence-electron chi connectivity index (χ0n) is 11.9. The molecule has 108 valence electrons. The topological polar surface area (TPSA) is 52.6 Å². The number of pyridine rings is 1. The van der Waals surface area contributed by atoms with Gasteiger partial charge in [-0.25, -0.2) is 0 Å². The van der Waals surface area contributed by atoms with Crippen LogP contribution in [0.3, 0.4) is 0 Å². The minimum absolute atomic E-state index is 0.763. The highest BCUT2D eigenvalue weighted by Gasteiger charge is 2.10. The summed E-state index contributed by atoms with van der Waals surface area (Å²) in [5, 5.41) is 8.42. The molecular weight excluding hydrogens is 278 g/mol. The SMILES string of the molecule is COc1ccc(-c2ccc3nnc(-c4ccoc4)n3c2)cc1. The summed E-state index contributed by atoms with van der Waals surface area (Å²) in [6.45, 7) is 0. The second-order valence-electron chi connectivity index (χ2n) is 4.91. The van der Waals surface area contributed by atoms with E-state index in [1.165, 1.54) is 0 Å². The Kier molecular flexibility index (Phi) is 2.89. The van der Waals surface area contributed by atoms with E-state index in [4.69, 9.17) is 9.15 Å². The molecule has 22 heavy (non-hydrogen) atoms. The molecule has 0 fully saturated rings. The average molecular weight is 291 g/mol. The smallest absolute Gasteiger partial charge is 0.171 e. The first kappa shape index (κ1) is 12.6. The lowest BCUT2D eigenvalue weighted by atomic mass is 10.1. The van der Waals surface area contributed by atoms with Gasteiger partial charge in [-0.3, -0.25) is 4.40 Å². The number of ether oxygens (including phenoxy) is 1. The van der Waals surface area contributed by atoms with Gasteiger partial charge in [-0.15, -0.1) is 10.2 Å². The minimum Gasteiger partial charge on any atom is -0.497 e. The van der Waals surface area contributed by atoms with Crippen molar-refractivity contribution in [3.05, 3.63) is 61.2 Å². The van der Waals surface area contributed by atoms with Gasteiger partial charge in [0, 0.05) is 6.20 Å². The molecular formula is C17H13N3O2. The number of nitrogens with zero attached hydrogens (tertiary/aromatic N) is 3. The van der Waals surface area contributed by atoms with Crippen LogP contribution in [-0.2, 0) is 0 Å². The van der Waals surface area contributed by atoms with Gasteiger partial charge >= 0.3 is 0 Å². The number of benzene rings is 1. The van der Waals surface area contributed by atoms with Gasteiger partial charge in [-0.05, 0) is 41.5 Å². The normalized spacial score (nSPS) is 11.0. The van der Waals surface area contributed by atoms with Crippen molar-refractivity contribution in [1.29, 1.82) is 0 Å². The molecule has 0 bridgehead atoms. The molecule has 4 rings (SSSR count). The van der Waals surface area contributed by atoms with Gasteiger partial charge in [-0.2, -0.15) is 0 Å². The maximum atomic E-state index is 5.20. The molecule has 0 saturated heterocycles.